The van der Waals surface area contributed by atoms with Crippen LogP contribution in [0.25, 0.3) is 0 Å². The SMILES string of the molecule is CC1CN(C(C(C)N)C(F)(F)F)CC(C)O1. The molecule has 0 radical (unpaired) electrons. The summed E-state index contributed by atoms with van der Waals surface area (Å²) in [4.78, 5) is 1.38. The predicted octanol–water partition coefficient (Wildman–Crippen LogP) is 1.37. The number of nitrogens with zero attached hydrogens (tertiary/aromatic N) is 1. The Hall–Kier alpha value is -0.330. The molecule has 4 atom stereocenters. The summed E-state index contributed by atoms with van der Waals surface area (Å²) < 4.78 is 44.0. The average Bonchev–Trinajstić information content (AvgIpc) is 1.96. The van der Waals surface area contributed by atoms with Crippen molar-refractivity contribution < 1.29 is 17.9 Å². The first kappa shape index (κ1) is 13.7. The second-order valence-electron chi connectivity index (χ2n) is 4.56. The molecule has 2 N–H and O–H groups in total. The third-order valence-electron chi connectivity index (χ3n) is 2.67. The molecule has 1 aliphatic heterocycles. The quantitative estimate of drug-likeness (QED) is 0.792. The number of morpholine rings is 1. The van der Waals surface area contributed by atoms with Crippen LogP contribution in [0.1, 0.15) is 20.8 Å². The summed E-state index contributed by atoms with van der Waals surface area (Å²) >= 11 is 0. The highest BCUT2D eigenvalue weighted by molar-refractivity contribution is 4.89. The van der Waals surface area contributed by atoms with Crippen LogP contribution in [-0.2, 0) is 4.74 Å². The lowest BCUT2D eigenvalue weighted by molar-refractivity contribution is -0.206. The third-order valence-corrected chi connectivity index (χ3v) is 2.67. The lowest BCUT2D eigenvalue weighted by Gasteiger charge is -2.42. The summed E-state index contributed by atoms with van der Waals surface area (Å²) in [5, 5.41) is 0. The molecular weight excluding hydrogens is 221 g/mol. The van der Waals surface area contributed by atoms with E-state index in [9.17, 15) is 13.2 Å². The Labute approximate surface area is 93.7 Å². The van der Waals surface area contributed by atoms with E-state index in [1.54, 1.807) is 13.8 Å². The molecule has 0 saturated carbocycles. The van der Waals surface area contributed by atoms with Crippen LogP contribution in [0, 0.1) is 0 Å². The van der Waals surface area contributed by atoms with Crippen LogP contribution in [0.4, 0.5) is 13.2 Å². The predicted molar refractivity (Wildman–Crippen MR) is 55.1 cm³/mol. The maximum Gasteiger partial charge on any atom is 0.405 e. The molecular formula is C10H19F3N2O. The fourth-order valence-electron chi connectivity index (χ4n) is 2.28. The van der Waals surface area contributed by atoms with Crippen LogP contribution in [0.2, 0.25) is 0 Å². The van der Waals surface area contributed by atoms with Crippen molar-refractivity contribution in [1.29, 1.82) is 0 Å². The molecule has 1 aliphatic rings. The van der Waals surface area contributed by atoms with Crippen molar-refractivity contribution in [2.45, 2.75) is 51.2 Å². The summed E-state index contributed by atoms with van der Waals surface area (Å²) in [5.41, 5.74) is 5.44. The Morgan fingerprint density at radius 1 is 1.25 bits per heavy atom. The molecule has 0 aromatic rings. The van der Waals surface area contributed by atoms with Gasteiger partial charge in [-0.15, -0.1) is 0 Å². The maximum absolute atomic E-state index is 12.8. The molecule has 6 heteroatoms. The van der Waals surface area contributed by atoms with E-state index >= 15 is 0 Å². The number of rotatable bonds is 2. The van der Waals surface area contributed by atoms with Gasteiger partial charge in [-0.05, 0) is 20.8 Å². The number of halogens is 3. The van der Waals surface area contributed by atoms with E-state index < -0.39 is 18.3 Å². The van der Waals surface area contributed by atoms with Gasteiger partial charge in [0.25, 0.3) is 0 Å². The molecule has 1 saturated heterocycles. The Balaban J connectivity index is 2.78. The molecule has 0 aromatic heterocycles. The molecule has 0 bridgehead atoms. The maximum atomic E-state index is 12.8. The van der Waals surface area contributed by atoms with Gasteiger partial charge in [-0.1, -0.05) is 0 Å². The van der Waals surface area contributed by atoms with Crippen molar-refractivity contribution in [3.05, 3.63) is 0 Å². The number of alkyl halides is 3. The van der Waals surface area contributed by atoms with Gasteiger partial charge in [0.05, 0.1) is 12.2 Å². The first-order chi connectivity index (χ1) is 7.21. The van der Waals surface area contributed by atoms with Crippen LogP contribution < -0.4 is 5.73 Å². The van der Waals surface area contributed by atoms with Crippen LogP contribution in [0.15, 0.2) is 0 Å². The van der Waals surface area contributed by atoms with Crippen molar-refractivity contribution in [2.75, 3.05) is 13.1 Å². The standard InChI is InChI=1S/C10H19F3N2O/c1-6-4-15(5-7(2)16-6)9(8(3)14)10(11,12)13/h6-9H,4-5,14H2,1-3H3. The number of hydrogen-bond acceptors (Lipinski definition) is 3. The fourth-order valence-corrected chi connectivity index (χ4v) is 2.28. The third kappa shape index (κ3) is 3.33. The largest absolute Gasteiger partial charge is 0.405 e. The second kappa shape index (κ2) is 4.89. The summed E-state index contributed by atoms with van der Waals surface area (Å²) in [6, 6.07) is -2.52. The van der Waals surface area contributed by atoms with E-state index in [-0.39, 0.29) is 25.3 Å². The molecule has 3 nitrogen and oxygen atoms in total. The highest BCUT2D eigenvalue weighted by Crippen LogP contribution is 2.28. The fraction of sp³-hybridized carbons (Fsp3) is 1.00. The lowest BCUT2D eigenvalue weighted by Crippen LogP contribution is -2.60. The molecule has 0 aromatic carbocycles. The van der Waals surface area contributed by atoms with E-state index in [4.69, 9.17) is 10.5 Å². The molecule has 1 fully saturated rings. The van der Waals surface area contributed by atoms with Gasteiger partial charge in [0.2, 0.25) is 0 Å². The van der Waals surface area contributed by atoms with Crippen molar-refractivity contribution in [3.8, 4) is 0 Å². The Morgan fingerprint density at radius 3 is 2.00 bits per heavy atom. The van der Waals surface area contributed by atoms with Gasteiger partial charge in [-0.25, -0.2) is 0 Å². The van der Waals surface area contributed by atoms with E-state index in [0.717, 1.165) is 0 Å². The van der Waals surface area contributed by atoms with Gasteiger partial charge in [0.15, 0.2) is 0 Å². The van der Waals surface area contributed by atoms with Gasteiger partial charge < -0.3 is 10.5 Å². The zero-order chi connectivity index (χ0) is 12.5. The van der Waals surface area contributed by atoms with Crippen molar-refractivity contribution >= 4 is 0 Å². The molecule has 1 heterocycles. The highest BCUT2D eigenvalue weighted by Gasteiger charge is 2.47. The Morgan fingerprint density at radius 2 is 1.69 bits per heavy atom. The van der Waals surface area contributed by atoms with Gasteiger partial charge in [0.1, 0.15) is 6.04 Å². The van der Waals surface area contributed by atoms with Crippen LogP contribution in [-0.4, -0.2) is 48.5 Å². The van der Waals surface area contributed by atoms with Crippen LogP contribution in [0.3, 0.4) is 0 Å². The van der Waals surface area contributed by atoms with E-state index in [1.165, 1.54) is 11.8 Å². The van der Waals surface area contributed by atoms with Gasteiger partial charge in [-0.3, -0.25) is 4.90 Å². The first-order valence-corrected chi connectivity index (χ1v) is 5.43. The topological polar surface area (TPSA) is 38.5 Å². The van der Waals surface area contributed by atoms with Gasteiger partial charge in [-0.2, -0.15) is 13.2 Å². The minimum Gasteiger partial charge on any atom is -0.373 e. The molecule has 1 rings (SSSR count). The summed E-state index contributed by atoms with van der Waals surface area (Å²) in [7, 11) is 0. The molecule has 96 valence electrons. The normalized spacial score (nSPS) is 32.4. The number of hydrogen-bond donors (Lipinski definition) is 1. The smallest absolute Gasteiger partial charge is 0.373 e. The highest BCUT2D eigenvalue weighted by atomic mass is 19.4. The van der Waals surface area contributed by atoms with Crippen molar-refractivity contribution in [1.82, 2.24) is 4.90 Å². The molecule has 0 amide bonds. The summed E-state index contributed by atoms with van der Waals surface area (Å²) in [6.45, 7) is 5.49. The zero-order valence-electron chi connectivity index (χ0n) is 9.79. The van der Waals surface area contributed by atoms with Crippen molar-refractivity contribution in [3.63, 3.8) is 0 Å². The number of nitrogens with two attached hydrogens (primary N) is 1. The second-order valence-corrected chi connectivity index (χ2v) is 4.56. The monoisotopic (exact) mass is 240 g/mol. The minimum atomic E-state index is -4.29. The van der Waals surface area contributed by atoms with Gasteiger partial charge in [0, 0.05) is 19.1 Å². The summed E-state index contributed by atoms with van der Waals surface area (Å²) in [5.74, 6) is 0. The minimum absolute atomic E-state index is 0.188. The molecule has 16 heavy (non-hydrogen) atoms. The lowest BCUT2D eigenvalue weighted by atomic mass is 10.1. The Bertz CT molecular complexity index is 223. The van der Waals surface area contributed by atoms with Crippen LogP contribution in [0.5, 0.6) is 0 Å². The van der Waals surface area contributed by atoms with E-state index in [1.807, 2.05) is 0 Å². The van der Waals surface area contributed by atoms with Crippen LogP contribution >= 0.6 is 0 Å². The summed E-state index contributed by atoms with van der Waals surface area (Å²) in [6.07, 6.45) is -4.66. The molecule has 0 aliphatic carbocycles. The first-order valence-electron chi connectivity index (χ1n) is 5.43. The molecule has 4 unspecified atom stereocenters. The van der Waals surface area contributed by atoms with E-state index in [2.05, 4.69) is 0 Å². The molecule has 0 spiro atoms. The number of ether oxygens (including phenoxy) is 1. The van der Waals surface area contributed by atoms with Gasteiger partial charge >= 0.3 is 6.18 Å². The van der Waals surface area contributed by atoms with E-state index in [0.29, 0.717) is 0 Å². The van der Waals surface area contributed by atoms with Crippen molar-refractivity contribution in [2.24, 2.45) is 5.73 Å². The average molecular weight is 240 g/mol. The zero-order valence-corrected chi connectivity index (χ0v) is 9.79. The Kier molecular flexibility index (Phi) is 4.20.